The third-order valence-electron chi connectivity index (χ3n) is 3.37. The van der Waals surface area contributed by atoms with E-state index in [1.807, 2.05) is 24.3 Å². The van der Waals surface area contributed by atoms with Crippen LogP contribution in [0.25, 0.3) is 0 Å². The first-order chi connectivity index (χ1) is 10.5. The van der Waals surface area contributed by atoms with Crippen LogP contribution < -0.4 is 5.32 Å². The summed E-state index contributed by atoms with van der Waals surface area (Å²) in [5.74, 6) is -0.441. The van der Waals surface area contributed by atoms with Crippen LogP contribution in [-0.4, -0.2) is 22.9 Å². The summed E-state index contributed by atoms with van der Waals surface area (Å²) in [6.45, 7) is 0.0867. The second kappa shape index (κ2) is 7.63. The number of carbonyl (C=O) groups is 1. The first-order valence-corrected chi connectivity index (χ1v) is 7.81. The van der Waals surface area contributed by atoms with Crippen molar-refractivity contribution in [2.45, 2.75) is 12.0 Å². The molecule has 0 aliphatic heterocycles. The predicted molar refractivity (Wildman–Crippen MR) is 89.3 cm³/mol. The van der Waals surface area contributed by atoms with Crippen molar-refractivity contribution in [3.05, 3.63) is 69.2 Å². The highest BCUT2D eigenvalue weighted by molar-refractivity contribution is 9.10. The summed E-state index contributed by atoms with van der Waals surface area (Å²) < 4.78 is 0.747. The van der Waals surface area contributed by atoms with Crippen LogP contribution in [0.1, 0.15) is 23.1 Å². The van der Waals surface area contributed by atoms with Crippen molar-refractivity contribution >= 4 is 33.6 Å². The summed E-state index contributed by atoms with van der Waals surface area (Å²) in [4.78, 5) is 10.8. The fourth-order valence-electron chi connectivity index (χ4n) is 2.23. The molecule has 0 radical (unpaired) electrons. The zero-order valence-electron chi connectivity index (χ0n) is 11.5. The van der Waals surface area contributed by atoms with Gasteiger partial charge in [0.2, 0.25) is 0 Å². The summed E-state index contributed by atoms with van der Waals surface area (Å²) >= 11 is 9.42. The van der Waals surface area contributed by atoms with Crippen LogP contribution in [0.5, 0.6) is 0 Å². The minimum Gasteiger partial charge on any atom is -0.465 e. The van der Waals surface area contributed by atoms with Gasteiger partial charge in [-0.2, -0.15) is 0 Å². The molecule has 0 aliphatic carbocycles. The molecular weight excluding hydrogens is 370 g/mol. The highest BCUT2D eigenvalue weighted by Crippen LogP contribution is 2.33. The van der Waals surface area contributed by atoms with Gasteiger partial charge in [-0.25, -0.2) is 4.79 Å². The summed E-state index contributed by atoms with van der Waals surface area (Å²) in [5.41, 5.74) is 1.48. The lowest BCUT2D eigenvalue weighted by Crippen LogP contribution is -2.29. The first kappa shape index (κ1) is 16.8. The van der Waals surface area contributed by atoms with Crippen LogP contribution in [-0.2, 0) is 0 Å². The average Bonchev–Trinajstić information content (AvgIpc) is 2.51. The monoisotopic (exact) mass is 383 g/mol. The van der Waals surface area contributed by atoms with Crippen molar-refractivity contribution in [3.8, 4) is 0 Å². The Balaban J connectivity index is 2.33. The fraction of sp³-hybridized carbons (Fsp3) is 0.188. The normalized spacial score (nSPS) is 13.4. The molecule has 0 saturated carbocycles. The first-order valence-electron chi connectivity index (χ1n) is 6.64. The van der Waals surface area contributed by atoms with E-state index in [-0.39, 0.29) is 6.54 Å². The Morgan fingerprint density at radius 1 is 1.18 bits per heavy atom. The van der Waals surface area contributed by atoms with Crippen molar-refractivity contribution in [3.63, 3.8) is 0 Å². The van der Waals surface area contributed by atoms with Crippen LogP contribution in [0, 0.1) is 0 Å². The van der Waals surface area contributed by atoms with Gasteiger partial charge in [0.25, 0.3) is 0 Å². The molecule has 22 heavy (non-hydrogen) atoms. The largest absolute Gasteiger partial charge is 0.465 e. The minimum atomic E-state index is -1.13. The predicted octanol–water partition coefficient (Wildman–Crippen LogP) is 4.19. The van der Waals surface area contributed by atoms with Crippen LogP contribution in [0.15, 0.2) is 53.0 Å². The lowest BCUT2D eigenvalue weighted by Gasteiger charge is -2.24. The summed E-state index contributed by atoms with van der Waals surface area (Å²) in [6, 6.07) is 14.4. The maximum atomic E-state index is 10.8. The lowest BCUT2D eigenvalue weighted by molar-refractivity contribution is 0.140. The van der Waals surface area contributed by atoms with Gasteiger partial charge in [-0.3, -0.25) is 0 Å². The quantitative estimate of drug-likeness (QED) is 0.724. The van der Waals surface area contributed by atoms with E-state index >= 15 is 0 Å². The molecule has 0 aromatic heterocycles. The van der Waals surface area contributed by atoms with E-state index < -0.39 is 18.1 Å². The van der Waals surface area contributed by atoms with E-state index in [1.165, 1.54) is 0 Å². The van der Waals surface area contributed by atoms with Gasteiger partial charge < -0.3 is 15.5 Å². The van der Waals surface area contributed by atoms with E-state index in [0.29, 0.717) is 5.02 Å². The van der Waals surface area contributed by atoms with Crippen LogP contribution >= 0.6 is 27.5 Å². The SMILES string of the molecule is O=C(O)NC[C@H](c1ccc(Br)c(Cl)c1)[C@H](O)c1ccccc1. The average molecular weight is 385 g/mol. The molecule has 116 valence electrons. The number of aliphatic hydroxyl groups excluding tert-OH is 1. The lowest BCUT2D eigenvalue weighted by atomic mass is 9.89. The number of nitrogens with one attached hydrogen (secondary N) is 1. The second-order valence-corrected chi connectivity index (χ2v) is 6.08. The molecule has 0 spiro atoms. The van der Waals surface area contributed by atoms with Gasteiger partial charge in [0.1, 0.15) is 0 Å². The Kier molecular flexibility index (Phi) is 5.83. The van der Waals surface area contributed by atoms with E-state index in [2.05, 4.69) is 21.2 Å². The maximum Gasteiger partial charge on any atom is 0.404 e. The van der Waals surface area contributed by atoms with Gasteiger partial charge in [0, 0.05) is 16.9 Å². The number of carboxylic acid groups (broad SMARTS) is 1. The molecule has 0 unspecified atom stereocenters. The standard InChI is InChI=1S/C16H15BrClNO3/c17-13-7-6-11(8-14(13)18)12(9-19-16(21)22)15(20)10-4-2-1-3-5-10/h1-8,12,15,19-20H,9H2,(H,21,22)/t12-,15-/m1/s1. The van der Waals surface area contributed by atoms with Crippen LogP contribution in [0.4, 0.5) is 4.79 Å². The minimum absolute atomic E-state index is 0.0867. The van der Waals surface area contributed by atoms with Crippen LogP contribution in [0.2, 0.25) is 5.02 Å². The van der Waals surface area contributed by atoms with Crippen LogP contribution in [0.3, 0.4) is 0 Å². The van der Waals surface area contributed by atoms with Crippen molar-refractivity contribution < 1.29 is 15.0 Å². The molecule has 1 amide bonds. The van der Waals surface area contributed by atoms with Crippen molar-refractivity contribution in [1.82, 2.24) is 5.32 Å². The number of amides is 1. The van der Waals surface area contributed by atoms with E-state index in [4.69, 9.17) is 16.7 Å². The van der Waals surface area contributed by atoms with E-state index in [0.717, 1.165) is 15.6 Å². The highest BCUT2D eigenvalue weighted by atomic mass is 79.9. The van der Waals surface area contributed by atoms with Gasteiger partial charge in [-0.15, -0.1) is 0 Å². The molecule has 2 aromatic carbocycles. The summed E-state index contributed by atoms with van der Waals surface area (Å²) in [6.07, 6.45) is -1.97. The maximum absolute atomic E-state index is 10.8. The molecule has 0 heterocycles. The number of halogens is 2. The van der Waals surface area contributed by atoms with E-state index in [9.17, 15) is 9.90 Å². The zero-order valence-corrected chi connectivity index (χ0v) is 13.9. The third-order valence-corrected chi connectivity index (χ3v) is 4.60. The van der Waals surface area contributed by atoms with Crippen molar-refractivity contribution in [2.75, 3.05) is 6.54 Å². The summed E-state index contributed by atoms with van der Waals surface area (Å²) in [5, 5.41) is 22.3. The molecule has 0 fully saturated rings. The summed E-state index contributed by atoms with van der Waals surface area (Å²) in [7, 11) is 0. The Labute approximate surface area is 141 Å². The third kappa shape index (κ3) is 4.22. The number of rotatable bonds is 5. The van der Waals surface area contributed by atoms with Crippen molar-refractivity contribution in [1.29, 1.82) is 0 Å². The molecule has 0 bridgehead atoms. The van der Waals surface area contributed by atoms with Gasteiger partial charge in [0.05, 0.1) is 11.1 Å². The molecule has 0 aliphatic rings. The molecular formula is C16H15BrClNO3. The fourth-order valence-corrected chi connectivity index (χ4v) is 2.67. The molecule has 3 N–H and O–H groups in total. The van der Waals surface area contributed by atoms with Gasteiger partial charge in [0.15, 0.2) is 0 Å². The Hall–Kier alpha value is -1.56. The smallest absolute Gasteiger partial charge is 0.404 e. The molecule has 0 saturated heterocycles. The second-order valence-electron chi connectivity index (χ2n) is 4.82. The molecule has 2 atom stereocenters. The topological polar surface area (TPSA) is 69.6 Å². The number of hydrogen-bond acceptors (Lipinski definition) is 2. The van der Waals surface area contributed by atoms with Gasteiger partial charge >= 0.3 is 6.09 Å². The molecule has 2 rings (SSSR count). The number of aliphatic hydroxyl groups is 1. The number of benzene rings is 2. The Morgan fingerprint density at radius 3 is 2.45 bits per heavy atom. The van der Waals surface area contributed by atoms with Gasteiger partial charge in [-0.1, -0.05) is 48.0 Å². The molecule has 4 nitrogen and oxygen atoms in total. The Bertz CT molecular complexity index is 651. The molecule has 6 heteroatoms. The molecule has 2 aromatic rings. The highest BCUT2D eigenvalue weighted by Gasteiger charge is 2.24. The van der Waals surface area contributed by atoms with Gasteiger partial charge in [-0.05, 0) is 39.2 Å². The van der Waals surface area contributed by atoms with Crippen molar-refractivity contribution in [2.24, 2.45) is 0 Å². The number of hydrogen-bond donors (Lipinski definition) is 3. The van der Waals surface area contributed by atoms with E-state index in [1.54, 1.807) is 24.3 Å². The zero-order chi connectivity index (χ0) is 16.1. The Morgan fingerprint density at radius 2 is 1.86 bits per heavy atom.